The van der Waals surface area contributed by atoms with Crippen molar-refractivity contribution in [3.8, 4) is 11.5 Å². The molecule has 0 spiro atoms. The summed E-state index contributed by atoms with van der Waals surface area (Å²) in [7, 11) is 0. The summed E-state index contributed by atoms with van der Waals surface area (Å²) < 4.78 is 21.3. The number of carbonyl (C=O) groups excluding carboxylic acids is 4. The molecule has 2 fully saturated rings. The summed E-state index contributed by atoms with van der Waals surface area (Å²) in [6.07, 6.45) is 3.23. The summed E-state index contributed by atoms with van der Waals surface area (Å²) in [5.74, 6) is -4.61. The van der Waals surface area contributed by atoms with E-state index in [0.717, 1.165) is 25.0 Å². The Morgan fingerprint density at radius 2 is 0.917 bits per heavy atom. The highest BCUT2D eigenvalue weighted by Gasteiger charge is 2.56. The Morgan fingerprint density at radius 1 is 0.583 bits per heavy atom. The fourth-order valence-electron chi connectivity index (χ4n) is 7.17. The Hall–Kier alpha value is -1.94. The minimum Gasteiger partial charge on any atom is -0.462 e. The van der Waals surface area contributed by atoms with Gasteiger partial charge >= 0.3 is 23.9 Å². The van der Waals surface area contributed by atoms with Crippen LogP contribution in [0, 0.1) is 34.5 Å². The highest BCUT2D eigenvalue weighted by molar-refractivity contribution is 6.47. The summed E-state index contributed by atoms with van der Waals surface area (Å²) in [4.78, 5) is 52.3. The molecule has 2 saturated carbocycles. The van der Waals surface area contributed by atoms with E-state index in [9.17, 15) is 19.2 Å². The van der Waals surface area contributed by atoms with Gasteiger partial charge in [-0.15, -0.1) is 0 Å². The molecule has 14 heteroatoms. The molecule has 4 unspecified atom stereocenters. The minimum absolute atomic E-state index is 0.0611. The number of rotatable bonds is 12. The van der Waals surface area contributed by atoms with Crippen LogP contribution >= 0.6 is 69.6 Å². The van der Waals surface area contributed by atoms with Crippen molar-refractivity contribution in [3.05, 3.63) is 53.4 Å². The lowest BCUT2D eigenvalue weighted by atomic mass is 10.1. The highest BCUT2D eigenvalue weighted by Crippen LogP contribution is 2.62. The van der Waals surface area contributed by atoms with Gasteiger partial charge in [-0.3, -0.25) is 0 Å². The highest BCUT2D eigenvalue weighted by atomic mass is 35.5. The predicted molar refractivity (Wildman–Crippen MR) is 186 cm³/mol. The summed E-state index contributed by atoms with van der Waals surface area (Å²) in [6, 6.07) is 2.26. The van der Waals surface area contributed by atoms with Crippen LogP contribution in [-0.2, 0) is 19.1 Å². The fourth-order valence-corrected chi connectivity index (χ4v) is 8.61. The van der Waals surface area contributed by atoms with E-state index < -0.39 is 46.5 Å². The first kappa shape index (κ1) is 38.9. The normalized spacial score (nSPS) is 21.7. The van der Waals surface area contributed by atoms with E-state index in [1.807, 2.05) is 0 Å². The molecule has 2 aromatic carbocycles. The first-order chi connectivity index (χ1) is 22.4. The molecule has 4 rings (SSSR count). The standard InChI is InChI=1S/C34H36Cl6O8/c1-7-15-17(33(15,3)4)9-11-45-29(41)23-25(39)19(35)13-21(37)27(23)47-31(43)32(44)48-28-22(38)14-20(36)26(40)24(28)30(42)46-12-10-18-16(8-2)34(18,5)6/h13-18H,7-12H2,1-6H3. The zero-order valence-corrected chi connectivity index (χ0v) is 31.8. The second-order valence-electron chi connectivity index (χ2n) is 13.2. The predicted octanol–water partition coefficient (Wildman–Crippen LogP) is 10.6. The maximum absolute atomic E-state index is 13.2. The third-order valence-corrected chi connectivity index (χ3v) is 12.1. The fraction of sp³-hybridized carbons (Fsp3) is 0.529. The van der Waals surface area contributed by atoms with Gasteiger partial charge in [-0.05, 0) is 59.5 Å². The molecule has 262 valence electrons. The van der Waals surface area contributed by atoms with Gasteiger partial charge in [0.05, 0.1) is 43.3 Å². The van der Waals surface area contributed by atoms with Crippen molar-refractivity contribution >= 4 is 93.5 Å². The largest absolute Gasteiger partial charge is 0.462 e. The molecule has 2 aromatic rings. The molecule has 8 nitrogen and oxygen atoms in total. The van der Waals surface area contributed by atoms with Gasteiger partial charge in [-0.1, -0.05) is 124 Å². The first-order valence-corrected chi connectivity index (χ1v) is 17.8. The van der Waals surface area contributed by atoms with E-state index >= 15 is 0 Å². The van der Waals surface area contributed by atoms with Gasteiger partial charge in [0.1, 0.15) is 11.1 Å². The maximum Gasteiger partial charge on any atom is 0.423 e. The van der Waals surface area contributed by atoms with Crippen molar-refractivity contribution in [3.63, 3.8) is 0 Å². The molecule has 0 heterocycles. The molecular formula is C34H36Cl6O8. The lowest BCUT2D eigenvalue weighted by Crippen LogP contribution is -2.27. The lowest BCUT2D eigenvalue weighted by Gasteiger charge is -2.16. The van der Waals surface area contributed by atoms with Crippen LogP contribution in [-0.4, -0.2) is 37.1 Å². The van der Waals surface area contributed by atoms with E-state index in [1.165, 1.54) is 0 Å². The van der Waals surface area contributed by atoms with Crippen molar-refractivity contribution in [2.75, 3.05) is 13.2 Å². The van der Waals surface area contributed by atoms with Gasteiger partial charge in [-0.25, -0.2) is 19.2 Å². The van der Waals surface area contributed by atoms with E-state index in [1.54, 1.807) is 0 Å². The van der Waals surface area contributed by atoms with Crippen molar-refractivity contribution in [1.29, 1.82) is 0 Å². The summed E-state index contributed by atoms with van der Waals surface area (Å²) in [5.41, 5.74) is -0.644. The molecule has 0 aliphatic heterocycles. The number of hydrogen-bond acceptors (Lipinski definition) is 8. The van der Waals surface area contributed by atoms with Crippen LogP contribution < -0.4 is 9.47 Å². The third-order valence-electron chi connectivity index (χ3n) is 10.00. The SMILES string of the molecule is CCC1C(CCOC(=O)c2c(Cl)c(Cl)cc(Cl)c2OC(=O)C(=O)Oc2c(Cl)cc(Cl)c(Cl)c2C(=O)OCCC2C(CC)C2(C)C)C1(C)C. The van der Waals surface area contributed by atoms with Gasteiger partial charge in [0.2, 0.25) is 0 Å². The van der Waals surface area contributed by atoms with Gasteiger partial charge in [-0.2, -0.15) is 0 Å². The zero-order valence-electron chi connectivity index (χ0n) is 27.2. The molecule has 0 amide bonds. The Labute approximate surface area is 309 Å². The molecular weight excluding hydrogens is 749 g/mol. The van der Waals surface area contributed by atoms with Gasteiger partial charge in [0.15, 0.2) is 11.5 Å². The topological polar surface area (TPSA) is 105 Å². The van der Waals surface area contributed by atoms with Crippen LogP contribution in [0.3, 0.4) is 0 Å². The van der Waals surface area contributed by atoms with Crippen molar-refractivity contribution in [2.45, 2.75) is 67.2 Å². The van der Waals surface area contributed by atoms with Crippen molar-refractivity contribution in [2.24, 2.45) is 34.5 Å². The van der Waals surface area contributed by atoms with Gasteiger partial charge in [0, 0.05) is 0 Å². The molecule has 2 aliphatic carbocycles. The smallest absolute Gasteiger partial charge is 0.423 e. The van der Waals surface area contributed by atoms with E-state index in [0.29, 0.717) is 36.5 Å². The van der Waals surface area contributed by atoms with E-state index in [4.69, 9.17) is 88.6 Å². The third kappa shape index (κ3) is 7.84. The van der Waals surface area contributed by atoms with Crippen LogP contribution in [0.5, 0.6) is 11.5 Å². The van der Waals surface area contributed by atoms with E-state index in [-0.39, 0.29) is 54.2 Å². The number of carbonyl (C=O) groups is 4. The summed E-state index contributed by atoms with van der Waals surface area (Å²) >= 11 is 37.5. The molecule has 2 aliphatic rings. The number of benzene rings is 2. The van der Waals surface area contributed by atoms with Gasteiger partial charge < -0.3 is 18.9 Å². The Balaban J connectivity index is 1.49. The average Bonchev–Trinajstić information content (AvgIpc) is 3.77. The molecule has 0 radical (unpaired) electrons. The molecule has 48 heavy (non-hydrogen) atoms. The minimum atomic E-state index is -1.64. The van der Waals surface area contributed by atoms with Crippen LogP contribution in [0.15, 0.2) is 12.1 Å². The second-order valence-corrected chi connectivity index (χ2v) is 15.6. The Morgan fingerprint density at radius 3 is 1.21 bits per heavy atom. The molecule has 0 bridgehead atoms. The first-order valence-electron chi connectivity index (χ1n) is 15.5. The molecule has 0 saturated heterocycles. The molecule has 4 atom stereocenters. The quantitative estimate of drug-likeness (QED) is 0.0907. The number of ether oxygens (including phenoxy) is 4. The Bertz CT molecular complexity index is 1520. The van der Waals surface area contributed by atoms with Crippen LogP contribution in [0.4, 0.5) is 0 Å². The number of halogens is 6. The number of esters is 4. The summed E-state index contributed by atoms with van der Waals surface area (Å²) in [6.45, 7) is 13.0. The average molecular weight is 785 g/mol. The second kappa shape index (κ2) is 15.1. The van der Waals surface area contributed by atoms with Crippen molar-refractivity contribution < 1.29 is 38.1 Å². The zero-order chi connectivity index (χ0) is 35.9. The number of hydrogen-bond donors (Lipinski definition) is 0. The van der Waals surface area contributed by atoms with E-state index in [2.05, 4.69) is 41.5 Å². The molecule has 0 aromatic heterocycles. The van der Waals surface area contributed by atoms with Gasteiger partial charge in [0.25, 0.3) is 0 Å². The monoisotopic (exact) mass is 782 g/mol. The Kier molecular flexibility index (Phi) is 12.2. The van der Waals surface area contributed by atoms with Crippen LogP contribution in [0.1, 0.15) is 87.9 Å². The lowest BCUT2D eigenvalue weighted by molar-refractivity contribution is -0.156. The van der Waals surface area contributed by atoms with Crippen molar-refractivity contribution in [1.82, 2.24) is 0 Å². The van der Waals surface area contributed by atoms with Crippen LogP contribution in [0.25, 0.3) is 0 Å². The molecule has 0 N–H and O–H groups in total. The summed E-state index contributed by atoms with van der Waals surface area (Å²) in [5, 5.41) is -1.48. The maximum atomic E-state index is 13.2. The van der Waals surface area contributed by atoms with Crippen LogP contribution in [0.2, 0.25) is 30.1 Å².